The van der Waals surface area contributed by atoms with Gasteiger partial charge in [0.1, 0.15) is 42.7 Å². The van der Waals surface area contributed by atoms with Gasteiger partial charge in [0, 0.05) is 35.2 Å². The normalized spacial score (nSPS) is 16.1. The van der Waals surface area contributed by atoms with E-state index in [0.717, 1.165) is 33.5 Å². The van der Waals surface area contributed by atoms with Crippen molar-refractivity contribution in [2.45, 2.75) is 6.10 Å². The van der Waals surface area contributed by atoms with E-state index in [0.29, 0.717) is 18.9 Å². The van der Waals surface area contributed by atoms with Crippen molar-refractivity contribution in [1.29, 1.82) is 0 Å². The lowest BCUT2D eigenvalue weighted by atomic mass is 10.0. The van der Waals surface area contributed by atoms with Crippen LogP contribution >= 0.6 is 0 Å². The Morgan fingerprint density at radius 2 is 1.91 bits per heavy atom. The Bertz CT molecular complexity index is 1260. The zero-order valence-corrected chi connectivity index (χ0v) is 18.0. The topological polar surface area (TPSA) is 86.7 Å². The molecule has 3 heterocycles. The zero-order chi connectivity index (χ0) is 22.6. The van der Waals surface area contributed by atoms with E-state index in [9.17, 15) is 4.79 Å². The van der Waals surface area contributed by atoms with Gasteiger partial charge >= 0.3 is 0 Å². The number of benzene rings is 2. The minimum atomic E-state index is -0.272. The van der Waals surface area contributed by atoms with Crippen molar-refractivity contribution in [3.63, 3.8) is 0 Å². The number of rotatable bonds is 6. The van der Waals surface area contributed by atoms with E-state index < -0.39 is 0 Å². The Morgan fingerprint density at radius 3 is 2.70 bits per heavy atom. The first-order valence-corrected chi connectivity index (χ1v) is 10.5. The highest BCUT2D eigenvalue weighted by molar-refractivity contribution is 5.97. The highest BCUT2D eigenvalue weighted by Crippen LogP contribution is 2.33. The molecule has 8 nitrogen and oxygen atoms in total. The number of aromatic nitrogens is 3. The molecular formula is C25H22N4O4. The van der Waals surface area contributed by atoms with Gasteiger partial charge in [-0.2, -0.15) is 0 Å². The molecule has 1 saturated heterocycles. The molecular weight excluding hydrogens is 420 g/mol. The molecule has 0 N–H and O–H groups in total. The van der Waals surface area contributed by atoms with Gasteiger partial charge in [-0.1, -0.05) is 6.07 Å². The van der Waals surface area contributed by atoms with Gasteiger partial charge in [-0.15, -0.1) is 0 Å². The molecule has 0 bridgehead atoms. The molecule has 5 rings (SSSR count). The molecule has 0 aliphatic carbocycles. The van der Waals surface area contributed by atoms with Crippen LogP contribution in [0, 0.1) is 0 Å². The molecule has 1 atom stereocenters. The van der Waals surface area contributed by atoms with Crippen LogP contribution in [0.1, 0.15) is 0 Å². The number of pyridine rings is 1. The molecule has 0 saturated carbocycles. The summed E-state index contributed by atoms with van der Waals surface area (Å²) in [6.07, 6.45) is 6.52. The molecule has 0 spiro atoms. The SMILES string of the molecule is COc1ccc(N2CC(COc3ccc(-c4cncnc4)c4cccnc34)OCC2=O)cc1. The summed E-state index contributed by atoms with van der Waals surface area (Å²) in [5.74, 6) is 1.31. The van der Waals surface area contributed by atoms with Gasteiger partial charge in [-0.3, -0.25) is 9.78 Å². The molecule has 8 heteroatoms. The minimum absolute atomic E-state index is 0.00595. The van der Waals surface area contributed by atoms with E-state index in [1.165, 1.54) is 6.33 Å². The Balaban J connectivity index is 1.34. The summed E-state index contributed by atoms with van der Waals surface area (Å²) in [5.41, 5.74) is 3.44. The molecule has 1 aliphatic heterocycles. The fraction of sp³-hybridized carbons (Fsp3) is 0.200. The van der Waals surface area contributed by atoms with Crippen molar-refractivity contribution in [1.82, 2.24) is 15.0 Å². The van der Waals surface area contributed by atoms with Gasteiger partial charge in [-0.05, 0) is 48.0 Å². The van der Waals surface area contributed by atoms with Crippen LogP contribution in [0.4, 0.5) is 5.69 Å². The molecule has 33 heavy (non-hydrogen) atoms. The zero-order valence-electron chi connectivity index (χ0n) is 18.0. The second-order valence-electron chi connectivity index (χ2n) is 7.58. The van der Waals surface area contributed by atoms with Gasteiger partial charge in [0.15, 0.2) is 0 Å². The van der Waals surface area contributed by atoms with Crippen LogP contribution in [0.5, 0.6) is 11.5 Å². The first-order valence-electron chi connectivity index (χ1n) is 10.5. The molecule has 1 fully saturated rings. The monoisotopic (exact) mass is 442 g/mol. The molecule has 0 radical (unpaired) electrons. The van der Waals surface area contributed by atoms with Gasteiger partial charge in [0.25, 0.3) is 5.91 Å². The van der Waals surface area contributed by atoms with E-state index in [-0.39, 0.29) is 18.6 Å². The lowest BCUT2D eigenvalue weighted by Gasteiger charge is -2.32. The maximum absolute atomic E-state index is 12.4. The quantitative estimate of drug-likeness (QED) is 0.452. The van der Waals surface area contributed by atoms with Crippen molar-refractivity contribution in [2.24, 2.45) is 0 Å². The Kier molecular flexibility index (Phi) is 5.82. The number of methoxy groups -OCH3 is 1. The van der Waals surface area contributed by atoms with Crippen molar-refractivity contribution in [3.8, 4) is 22.6 Å². The molecule has 1 aliphatic rings. The fourth-order valence-corrected chi connectivity index (χ4v) is 3.87. The summed E-state index contributed by atoms with van der Waals surface area (Å²) in [6.45, 7) is 0.696. The summed E-state index contributed by atoms with van der Waals surface area (Å²) < 4.78 is 17.1. The standard InChI is InChI=1S/C25H22N4O4/c1-31-19-6-4-18(5-7-19)29-13-20(32-15-24(29)30)14-33-23-9-8-21(17-11-26-16-27-12-17)22-3-2-10-28-25(22)23/h2-12,16,20H,13-15H2,1H3. The number of carbonyl (C=O) groups excluding carboxylic acids is 1. The first-order chi connectivity index (χ1) is 16.2. The van der Waals surface area contributed by atoms with Crippen LogP contribution in [0.2, 0.25) is 0 Å². The Labute approximate surface area is 190 Å². The maximum Gasteiger partial charge on any atom is 0.253 e. The summed E-state index contributed by atoms with van der Waals surface area (Å²) in [5, 5.41) is 0.949. The number of anilines is 1. The van der Waals surface area contributed by atoms with Crippen LogP contribution in [0.3, 0.4) is 0 Å². The van der Waals surface area contributed by atoms with Crippen molar-refractivity contribution < 1.29 is 19.0 Å². The third-order valence-corrected chi connectivity index (χ3v) is 5.54. The van der Waals surface area contributed by atoms with Crippen LogP contribution in [0.25, 0.3) is 22.0 Å². The molecule has 1 unspecified atom stereocenters. The van der Waals surface area contributed by atoms with Gasteiger partial charge in [0.2, 0.25) is 0 Å². The van der Waals surface area contributed by atoms with Crippen molar-refractivity contribution >= 4 is 22.5 Å². The summed E-state index contributed by atoms with van der Waals surface area (Å²) in [6, 6.07) is 15.2. The molecule has 166 valence electrons. The third-order valence-electron chi connectivity index (χ3n) is 5.54. The highest BCUT2D eigenvalue weighted by Gasteiger charge is 2.28. The number of hydrogen-bond acceptors (Lipinski definition) is 7. The number of ether oxygens (including phenoxy) is 3. The largest absolute Gasteiger partial charge is 0.497 e. The average Bonchev–Trinajstić information content (AvgIpc) is 2.88. The van der Waals surface area contributed by atoms with Crippen LogP contribution in [0.15, 0.2) is 73.4 Å². The van der Waals surface area contributed by atoms with E-state index >= 15 is 0 Å². The van der Waals surface area contributed by atoms with Crippen LogP contribution in [-0.4, -0.2) is 53.8 Å². The second-order valence-corrected chi connectivity index (χ2v) is 7.58. The van der Waals surface area contributed by atoms with E-state index in [2.05, 4.69) is 15.0 Å². The summed E-state index contributed by atoms with van der Waals surface area (Å²) in [7, 11) is 1.61. The molecule has 2 aromatic heterocycles. The number of hydrogen-bond donors (Lipinski definition) is 0. The number of carbonyl (C=O) groups is 1. The van der Waals surface area contributed by atoms with Crippen molar-refractivity contribution in [2.75, 3.05) is 31.8 Å². The highest BCUT2D eigenvalue weighted by atomic mass is 16.5. The number of nitrogens with zero attached hydrogens (tertiary/aromatic N) is 4. The van der Waals surface area contributed by atoms with Crippen molar-refractivity contribution in [3.05, 3.63) is 73.4 Å². The predicted octanol–water partition coefficient (Wildman–Crippen LogP) is 3.51. The maximum atomic E-state index is 12.4. The van der Waals surface area contributed by atoms with E-state index in [1.54, 1.807) is 30.6 Å². The predicted molar refractivity (Wildman–Crippen MR) is 123 cm³/mol. The minimum Gasteiger partial charge on any atom is -0.497 e. The average molecular weight is 442 g/mol. The summed E-state index contributed by atoms with van der Waals surface area (Å²) in [4.78, 5) is 26.9. The lowest BCUT2D eigenvalue weighted by Crippen LogP contribution is -2.48. The first kappa shape index (κ1) is 20.8. The fourth-order valence-electron chi connectivity index (χ4n) is 3.87. The van der Waals surface area contributed by atoms with Crippen LogP contribution in [-0.2, 0) is 9.53 Å². The molecule has 4 aromatic rings. The van der Waals surface area contributed by atoms with Gasteiger partial charge in [-0.25, -0.2) is 9.97 Å². The third kappa shape index (κ3) is 4.33. The Morgan fingerprint density at radius 1 is 1.09 bits per heavy atom. The van der Waals surface area contributed by atoms with Gasteiger partial charge in [0.05, 0.1) is 13.7 Å². The number of fused-ring (bicyclic) bond motifs is 1. The number of amides is 1. The number of morpholine rings is 1. The van der Waals surface area contributed by atoms with Crippen LogP contribution < -0.4 is 14.4 Å². The van der Waals surface area contributed by atoms with E-state index in [4.69, 9.17) is 14.2 Å². The summed E-state index contributed by atoms with van der Waals surface area (Å²) >= 11 is 0. The molecule has 1 amide bonds. The second kappa shape index (κ2) is 9.22. The molecule has 2 aromatic carbocycles. The Hall–Kier alpha value is -4.04. The van der Waals surface area contributed by atoms with E-state index in [1.807, 2.05) is 48.5 Å². The van der Waals surface area contributed by atoms with Gasteiger partial charge < -0.3 is 19.1 Å². The smallest absolute Gasteiger partial charge is 0.253 e. The lowest BCUT2D eigenvalue weighted by molar-refractivity contribution is -0.130.